The van der Waals surface area contributed by atoms with E-state index in [1.54, 1.807) is 24.2 Å². The van der Waals surface area contributed by atoms with Crippen molar-refractivity contribution in [3.8, 4) is 11.4 Å². The maximum Gasteiger partial charge on any atom is 0.173 e. The highest BCUT2D eigenvalue weighted by molar-refractivity contribution is 5.63. The van der Waals surface area contributed by atoms with Crippen LogP contribution in [0.1, 0.15) is 0 Å². The fraction of sp³-hybridized carbons (Fsp3) is 0.0667. The zero-order chi connectivity index (χ0) is 13.8. The summed E-state index contributed by atoms with van der Waals surface area (Å²) < 4.78 is 7.08. The van der Waals surface area contributed by atoms with Gasteiger partial charge in [-0.05, 0) is 36.4 Å². The summed E-state index contributed by atoms with van der Waals surface area (Å²) in [4.78, 5) is 4.28. The van der Waals surface area contributed by atoms with Crippen molar-refractivity contribution in [2.24, 2.45) is 0 Å². The highest BCUT2D eigenvalue weighted by Crippen LogP contribution is 2.25. The Bertz CT molecular complexity index is 695. The standard InChI is InChI=1S/C15H14N4O/c1-20-14-7-3-8-16-15(14)18-12-5-2-6-13(11-12)19-10-4-9-17-19/h2-11H,1H3,(H,16,18). The summed E-state index contributed by atoms with van der Waals surface area (Å²) in [6.07, 6.45) is 5.38. The van der Waals surface area contributed by atoms with Crippen LogP contribution in [0.5, 0.6) is 5.75 Å². The number of benzene rings is 1. The van der Waals surface area contributed by atoms with Gasteiger partial charge < -0.3 is 10.1 Å². The van der Waals surface area contributed by atoms with Gasteiger partial charge in [0.1, 0.15) is 0 Å². The molecule has 0 atom stereocenters. The van der Waals surface area contributed by atoms with E-state index in [9.17, 15) is 0 Å². The first-order valence-electron chi connectivity index (χ1n) is 6.23. The first-order chi connectivity index (χ1) is 9.86. The van der Waals surface area contributed by atoms with Crippen LogP contribution in [0.2, 0.25) is 0 Å². The lowest BCUT2D eigenvalue weighted by Crippen LogP contribution is -1.99. The fourth-order valence-electron chi connectivity index (χ4n) is 1.93. The van der Waals surface area contributed by atoms with Gasteiger partial charge in [0.15, 0.2) is 11.6 Å². The minimum absolute atomic E-state index is 0.688. The van der Waals surface area contributed by atoms with E-state index < -0.39 is 0 Å². The summed E-state index contributed by atoms with van der Waals surface area (Å²) in [5.74, 6) is 1.39. The van der Waals surface area contributed by atoms with Gasteiger partial charge in [-0.25, -0.2) is 9.67 Å². The van der Waals surface area contributed by atoms with Crippen molar-refractivity contribution in [3.63, 3.8) is 0 Å². The van der Waals surface area contributed by atoms with Crippen molar-refractivity contribution >= 4 is 11.5 Å². The average Bonchev–Trinajstić information content (AvgIpc) is 3.02. The average molecular weight is 266 g/mol. The van der Waals surface area contributed by atoms with Gasteiger partial charge in [-0.1, -0.05) is 6.07 Å². The van der Waals surface area contributed by atoms with E-state index in [0.717, 1.165) is 11.4 Å². The van der Waals surface area contributed by atoms with Crippen LogP contribution in [0.3, 0.4) is 0 Å². The smallest absolute Gasteiger partial charge is 0.173 e. The number of aromatic nitrogens is 3. The molecule has 0 aliphatic rings. The molecule has 0 saturated heterocycles. The second-order valence-electron chi connectivity index (χ2n) is 4.18. The highest BCUT2D eigenvalue weighted by Gasteiger charge is 2.04. The molecule has 1 aromatic carbocycles. The van der Waals surface area contributed by atoms with Crippen LogP contribution < -0.4 is 10.1 Å². The summed E-state index contributed by atoms with van der Waals surface area (Å²) in [5.41, 5.74) is 1.91. The van der Waals surface area contributed by atoms with Crippen LogP contribution in [0.4, 0.5) is 11.5 Å². The predicted octanol–water partition coefficient (Wildman–Crippen LogP) is 3.02. The minimum atomic E-state index is 0.688. The van der Waals surface area contributed by atoms with Gasteiger partial charge in [0.05, 0.1) is 12.8 Å². The van der Waals surface area contributed by atoms with E-state index in [2.05, 4.69) is 15.4 Å². The van der Waals surface area contributed by atoms with Gasteiger partial charge in [-0.15, -0.1) is 0 Å². The number of methoxy groups -OCH3 is 1. The third-order valence-corrected chi connectivity index (χ3v) is 2.87. The van der Waals surface area contributed by atoms with E-state index in [1.165, 1.54) is 0 Å². The van der Waals surface area contributed by atoms with Crippen molar-refractivity contribution in [2.75, 3.05) is 12.4 Å². The number of ether oxygens (including phenoxy) is 1. The van der Waals surface area contributed by atoms with Gasteiger partial charge >= 0.3 is 0 Å². The van der Waals surface area contributed by atoms with Gasteiger partial charge in [0.2, 0.25) is 0 Å². The largest absolute Gasteiger partial charge is 0.493 e. The van der Waals surface area contributed by atoms with Crippen molar-refractivity contribution in [1.29, 1.82) is 0 Å². The summed E-state index contributed by atoms with van der Waals surface area (Å²) >= 11 is 0. The molecule has 0 aliphatic carbocycles. The molecule has 0 unspecified atom stereocenters. The molecule has 2 aromatic heterocycles. The second kappa shape index (κ2) is 5.44. The van der Waals surface area contributed by atoms with Crippen LogP contribution in [0.15, 0.2) is 61.1 Å². The van der Waals surface area contributed by atoms with Crippen LogP contribution in [-0.4, -0.2) is 21.9 Å². The predicted molar refractivity (Wildman–Crippen MR) is 77.6 cm³/mol. The molecular weight excluding hydrogens is 252 g/mol. The number of hydrogen-bond donors (Lipinski definition) is 1. The number of pyridine rings is 1. The molecule has 0 bridgehead atoms. The topological polar surface area (TPSA) is 52.0 Å². The molecule has 0 radical (unpaired) electrons. The van der Waals surface area contributed by atoms with Crippen molar-refractivity contribution in [1.82, 2.24) is 14.8 Å². The molecule has 0 spiro atoms. The third kappa shape index (κ3) is 2.47. The van der Waals surface area contributed by atoms with Crippen LogP contribution in [0.25, 0.3) is 5.69 Å². The summed E-state index contributed by atoms with van der Waals surface area (Å²) in [7, 11) is 1.63. The van der Waals surface area contributed by atoms with Crippen LogP contribution in [-0.2, 0) is 0 Å². The molecule has 3 aromatic rings. The molecule has 100 valence electrons. The second-order valence-corrected chi connectivity index (χ2v) is 4.18. The SMILES string of the molecule is COc1cccnc1Nc1cccc(-n2cccn2)c1. The molecule has 0 amide bonds. The highest BCUT2D eigenvalue weighted by atomic mass is 16.5. The van der Waals surface area contributed by atoms with E-state index in [1.807, 2.05) is 48.7 Å². The molecule has 3 rings (SSSR count). The Morgan fingerprint density at radius 1 is 1.10 bits per heavy atom. The van der Waals surface area contributed by atoms with Gasteiger partial charge in [0, 0.05) is 24.3 Å². The zero-order valence-corrected chi connectivity index (χ0v) is 11.0. The Morgan fingerprint density at radius 3 is 2.85 bits per heavy atom. The van der Waals surface area contributed by atoms with Crippen molar-refractivity contribution in [2.45, 2.75) is 0 Å². The lowest BCUT2D eigenvalue weighted by molar-refractivity contribution is 0.415. The molecule has 0 saturated carbocycles. The number of nitrogens with one attached hydrogen (secondary N) is 1. The molecule has 0 aliphatic heterocycles. The monoisotopic (exact) mass is 266 g/mol. The first-order valence-corrected chi connectivity index (χ1v) is 6.23. The van der Waals surface area contributed by atoms with Crippen LogP contribution in [0, 0.1) is 0 Å². The van der Waals surface area contributed by atoms with E-state index in [-0.39, 0.29) is 0 Å². The minimum Gasteiger partial charge on any atom is -0.493 e. The Hall–Kier alpha value is -2.82. The third-order valence-electron chi connectivity index (χ3n) is 2.87. The summed E-state index contributed by atoms with van der Waals surface area (Å²) in [6, 6.07) is 13.5. The van der Waals surface area contributed by atoms with Gasteiger partial charge in [-0.2, -0.15) is 5.10 Å². The summed E-state index contributed by atoms with van der Waals surface area (Å²) in [5, 5.41) is 7.47. The maximum absolute atomic E-state index is 5.28. The maximum atomic E-state index is 5.28. The van der Waals surface area contributed by atoms with Gasteiger partial charge in [0.25, 0.3) is 0 Å². The quantitative estimate of drug-likeness (QED) is 0.788. The van der Waals surface area contributed by atoms with Gasteiger partial charge in [-0.3, -0.25) is 0 Å². The molecule has 2 heterocycles. The molecule has 1 N–H and O–H groups in total. The molecule has 0 fully saturated rings. The number of hydrogen-bond acceptors (Lipinski definition) is 4. The number of rotatable bonds is 4. The number of nitrogens with zero attached hydrogens (tertiary/aromatic N) is 3. The Balaban J connectivity index is 1.90. The number of anilines is 2. The molecule has 5 nitrogen and oxygen atoms in total. The molecule has 5 heteroatoms. The van der Waals surface area contributed by atoms with E-state index in [0.29, 0.717) is 11.6 Å². The zero-order valence-electron chi connectivity index (χ0n) is 11.0. The van der Waals surface area contributed by atoms with E-state index >= 15 is 0 Å². The first kappa shape index (κ1) is 12.2. The van der Waals surface area contributed by atoms with Crippen molar-refractivity contribution in [3.05, 3.63) is 61.1 Å². The fourth-order valence-corrected chi connectivity index (χ4v) is 1.93. The summed E-state index contributed by atoms with van der Waals surface area (Å²) in [6.45, 7) is 0. The lowest BCUT2D eigenvalue weighted by Gasteiger charge is -2.10. The molecule has 20 heavy (non-hydrogen) atoms. The molecular formula is C15H14N4O. The van der Waals surface area contributed by atoms with Crippen molar-refractivity contribution < 1.29 is 4.74 Å². The Labute approximate surface area is 116 Å². The normalized spacial score (nSPS) is 10.2. The van der Waals surface area contributed by atoms with Crippen LogP contribution >= 0.6 is 0 Å². The Kier molecular flexibility index (Phi) is 3.33. The Morgan fingerprint density at radius 2 is 2.05 bits per heavy atom. The lowest BCUT2D eigenvalue weighted by atomic mass is 10.2. The van der Waals surface area contributed by atoms with E-state index in [4.69, 9.17) is 4.74 Å².